The van der Waals surface area contributed by atoms with E-state index in [9.17, 15) is 0 Å². The molecule has 2 aliphatic rings. The molecule has 5 atom stereocenters. The average Bonchev–Trinajstić information content (AvgIpc) is 3.60. The monoisotopic (exact) mass is 764 g/mol. The van der Waals surface area contributed by atoms with Crippen molar-refractivity contribution in [1.29, 1.82) is 0 Å². The largest absolute Gasteiger partial charge is 0.374 e. The predicted molar refractivity (Wildman–Crippen MR) is 218 cm³/mol. The summed E-state index contributed by atoms with van der Waals surface area (Å²) in [6.45, 7) is 3.71. The molecule has 57 heavy (non-hydrogen) atoms. The summed E-state index contributed by atoms with van der Waals surface area (Å²) in [4.78, 5) is 0. The first kappa shape index (κ1) is 38.9. The Balaban J connectivity index is 1.21. The molecule has 2 aliphatic heterocycles. The van der Waals surface area contributed by atoms with Crippen molar-refractivity contribution in [3.05, 3.63) is 214 Å². The second kappa shape index (κ2) is 18.5. The topological polar surface area (TPSA) is 55.4 Å². The molecule has 0 radical (unpaired) electrons. The molecule has 0 aromatic heterocycles. The van der Waals surface area contributed by atoms with Gasteiger partial charge in [-0.1, -0.05) is 153 Å². The number of halogens is 1. The molecule has 0 aliphatic carbocycles. The molecule has 0 bridgehead atoms. The first-order chi connectivity index (χ1) is 28.1. The van der Waals surface area contributed by atoms with Crippen LogP contribution in [0.25, 0.3) is 0 Å². The lowest BCUT2D eigenvalue weighted by Crippen LogP contribution is -2.65. The predicted octanol–water partition coefficient (Wildman–Crippen LogP) is 10.0. The minimum atomic E-state index is -1.46. The van der Waals surface area contributed by atoms with E-state index in [0.717, 1.165) is 39.8 Å². The molecule has 292 valence electrons. The minimum Gasteiger partial charge on any atom is -0.374 e. The van der Waals surface area contributed by atoms with Crippen molar-refractivity contribution < 1.29 is 32.8 Å². The van der Waals surface area contributed by atoms with Gasteiger partial charge < -0.3 is 28.4 Å². The summed E-state index contributed by atoms with van der Waals surface area (Å²) in [5.74, 6) is -1.75. The molecule has 6 aromatic rings. The van der Waals surface area contributed by atoms with Crippen LogP contribution < -0.4 is 0 Å². The second-order valence-corrected chi connectivity index (χ2v) is 14.8. The van der Waals surface area contributed by atoms with Gasteiger partial charge in [0.2, 0.25) is 5.79 Å². The number of fused-ring (bicyclic) bond motifs is 2. The Hall–Kier alpha value is -4.99. The maximum Gasteiger partial charge on any atom is 0.226 e. The fourth-order valence-corrected chi connectivity index (χ4v) is 7.78. The molecule has 6 aromatic carbocycles. The fraction of sp³-hybridized carbons (Fsp3) is 0.280. The van der Waals surface area contributed by atoms with Gasteiger partial charge in [0, 0.05) is 12.0 Å². The molecule has 0 amide bonds. The summed E-state index contributed by atoms with van der Waals surface area (Å²) in [5.41, 5.74) is 8.29. The molecule has 7 heteroatoms. The lowest BCUT2D eigenvalue weighted by atomic mass is 9.85. The highest BCUT2D eigenvalue weighted by Gasteiger charge is 2.61. The normalized spacial score (nSPS) is 21.4. The Bertz CT molecular complexity index is 2150. The van der Waals surface area contributed by atoms with Crippen molar-refractivity contribution in [3.8, 4) is 0 Å². The van der Waals surface area contributed by atoms with Crippen molar-refractivity contribution in [3.63, 3.8) is 0 Å². The Labute approximate surface area is 335 Å². The van der Waals surface area contributed by atoms with E-state index in [1.54, 1.807) is 6.07 Å². The lowest BCUT2D eigenvalue weighted by molar-refractivity contribution is -0.387. The van der Waals surface area contributed by atoms with Gasteiger partial charge in [-0.3, -0.25) is 0 Å². The van der Waals surface area contributed by atoms with Crippen molar-refractivity contribution >= 4 is 0 Å². The van der Waals surface area contributed by atoms with Gasteiger partial charge in [0.05, 0.1) is 39.6 Å². The molecule has 6 nitrogen and oxygen atoms in total. The number of rotatable bonds is 16. The Morgan fingerprint density at radius 1 is 0.579 bits per heavy atom. The van der Waals surface area contributed by atoms with Crippen LogP contribution in [0.15, 0.2) is 158 Å². The van der Waals surface area contributed by atoms with Crippen LogP contribution in [0.5, 0.6) is 0 Å². The molecule has 0 N–H and O–H groups in total. The number of hydrogen-bond acceptors (Lipinski definition) is 6. The van der Waals surface area contributed by atoms with Gasteiger partial charge in [-0.05, 0) is 63.1 Å². The summed E-state index contributed by atoms with van der Waals surface area (Å²) < 4.78 is 57.4. The SMILES string of the molecule is CCc1ccc(Cc2cc3c(cc2F)CO[C@]32O[C@H](COCc3ccccc3)[C@H](OCc3ccccc3)[C@H](OCc3ccccc3)[C@H]2OCc2ccccc2)cc1. The molecule has 1 spiro atoms. The van der Waals surface area contributed by atoms with Gasteiger partial charge in [-0.25, -0.2) is 4.39 Å². The standard InChI is InChI=1S/C50H49FO6/c1-2-36-23-25-37(26-24-36)27-42-28-44-43(29-45(42)51)34-56-50(44)49(55-33-41-21-13-6-14-22-41)48(54-32-40-19-11-5-12-20-40)47(53-31-39-17-9-4-10-18-39)46(57-50)35-52-30-38-15-7-3-8-16-38/h3-26,28-29,46-49H,2,27,30-35H2,1H3/t46-,47+,48+,49-,50+/m1/s1. The van der Waals surface area contributed by atoms with E-state index in [-0.39, 0.29) is 25.6 Å². The zero-order valence-corrected chi connectivity index (χ0v) is 32.3. The van der Waals surface area contributed by atoms with Crippen molar-refractivity contribution in [2.75, 3.05) is 6.61 Å². The highest BCUT2D eigenvalue weighted by Crippen LogP contribution is 2.49. The lowest BCUT2D eigenvalue weighted by Gasteiger charge is -2.51. The van der Waals surface area contributed by atoms with E-state index in [2.05, 4.69) is 31.2 Å². The quantitative estimate of drug-likeness (QED) is 0.0979. The third-order valence-corrected chi connectivity index (χ3v) is 10.8. The van der Waals surface area contributed by atoms with E-state index in [4.69, 9.17) is 28.4 Å². The number of benzene rings is 6. The van der Waals surface area contributed by atoms with Gasteiger partial charge in [0.15, 0.2) is 0 Å². The van der Waals surface area contributed by atoms with Crippen molar-refractivity contribution in [2.24, 2.45) is 0 Å². The van der Waals surface area contributed by atoms with Crippen LogP contribution in [0.3, 0.4) is 0 Å². The van der Waals surface area contributed by atoms with E-state index in [1.165, 1.54) is 5.56 Å². The summed E-state index contributed by atoms with van der Waals surface area (Å²) >= 11 is 0. The fourth-order valence-electron chi connectivity index (χ4n) is 7.78. The van der Waals surface area contributed by atoms with Crippen LogP contribution in [0.2, 0.25) is 0 Å². The van der Waals surface area contributed by atoms with Crippen LogP contribution in [-0.2, 0) is 80.1 Å². The molecule has 1 fully saturated rings. The summed E-state index contributed by atoms with van der Waals surface area (Å²) in [7, 11) is 0. The average molecular weight is 765 g/mol. The van der Waals surface area contributed by atoms with Crippen molar-refractivity contribution in [2.45, 2.75) is 83.0 Å². The third kappa shape index (κ3) is 9.26. The summed E-state index contributed by atoms with van der Waals surface area (Å²) in [6, 6.07) is 52.1. The Morgan fingerprint density at radius 3 is 1.65 bits per heavy atom. The van der Waals surface area contributed by atoms with Crippen LogP contribution in [0, 0.1) is 5.82 Å². The molecule has 2 heterocycles. The van der Waals surface area contributed by atoms with Crippen LogP contribution >= 0.6 is 0 Å². The molecular formula is C50H49FO6. The third-order valence-electron chi connectivity index (χ3n) is 10.8. The summed E-state index contributed by atoms with van der Waals surface area (Å²) in [6.07, 6.45) is -1.46. The van der Waals surface area contributed by atoms with E-state index < -0.39 is 30.2 Å². The Morgan fingerprint density at radius 2 is 1.09 bits per heavy atom. The minimum absolute atomic E-state index is 0.140. The maximum atomic E-state index is 16.0. The maximum absolute atomic E-state index is 16.0. The molecule has 8 rings (SSSR count). The first-order valence-corrected chi connectivity index (χ1v) is 19.9. The van der Waals surface area contributed by atoms with E-state index in [1.807, 2.05) is 127 Å². The molecule has 1 saturated heterocycles. The van der Waals surface area contributed by atoms with Gasteiger partial charge >= 0.3 is 0 Å². The molecular weight excluding hydrogens is 716 g/mol. The first-order valence-electron chi connectivity index (χ1n) is 19.9. The Kier molecular flexibility index (Phi) is 12.6. The highest BCUT2D eigenvalue weighted by atomic mass is 19.1. The smallest absolute Gasteiger partial charge is 0.226 e. The van der Waals surface area contributed by atoms with Crippen LogP contribution in [0.1, 0.15) is 57.0 Å². The van der Waals surface area contributed by atoms with Gasteiger partial charge in [-0.2, -0.15) is 0 Å². The van der Waals surface area contributed by atoms with Gasteiger partial charge in [0.1, 0.15) is 30.2 Å². The van der Waals surface area contributed by atoms with Crippen LogP contribution in [-0.4, -0.2) is 31.0 Å². The van der Waals surface area contributed by atoms with Gasteiger partial charge in [-0.15, -0.1) is 0 Å². The zero-order chi connectivity index (χ0) is 38.9. The van der Waals surface area contributed by atoms with Gasteiger partial charge in [0.25, 0.3) is 0 Å². The molecule has 0 saturated carbocycles. The molecule has 0 unspecified atom stereocenters. The zero-order valence-electron chi connectivity index (χ0n) is 32.3. The number of hydrogen-bond donors (Lipinski definition) is 0. The van der Waals surface area contributed by atoms with Crippen LogP contribution in [0.4, 0.5) is 4.39 Å². The van der Waals surface area contributed by atoms with Crippen molar-refractivity contribution in [1.82, 2.24) is 0 Å². The number of ether oxygens (including phenoxy) is 6. The number of aryl methyl sites for hydroxylation is 1. The summed E-state index contributed by atoms with van der Waals surface area (Å²) in [5, 5.41) is 0. The van der Waals surface area contributed by atoms with E-state index >= 15 is 4.39 Å². The highest BCUT2D eigenvalue weighted by molar-refractivity contribution is 5.42. The van der Waals surface area contributed by atoms with E-state index in [0.29, 0.717) is 37.4 Å². The second-order valence-electron chi connectivity index (χ2n) is 14.8.